The van der Waals surface area contributed by atoms with Gasteiger partial charge in [-0.25, -0.2) is 0 Å². The summed E-state index contributed by atoms with van der Waals surface area (Å²) in [6.45, 7) is 12.3. The van der Waals surface area contributed by atoms with E-state index in [1.165, 1.54) is 45.4 Å². The van der Waals surface area contributed by atoms with E-state index in [-0.39, 0.29) is 0 Å². The number of likely N-dealkylation sites (tertiary alicyclic amines) is 2. The standard InChI is InChI=1S/C13H26N2/c1-12(2,3)15-9-6-13(7-10-15)5-8-14(4)11-13/h5-11H2,1-4H3. The van der Waals surface area contributed by atoms with Crippen LogP contribution in [0.5, 0.6) is 0 Å². The van der Waals surface area contributed by atoms with Gasteiger partial charge in [0, 0.05) is 12.1 Å². The molecule has 0 bridgehead atoms. The first-order chi connectivity index (χ1) is 6.91. The molecule has 0 radical (unpaired) electrons. The molecule has 0 aromatic heterocycles. The third-order valence-corrected chi connectivity index (χ3v) is 4.40. The van der Waals surface area contributed by atoms with E-state index < -0.39 is 0 Å². The molecule has 2 nitrogen and oxygen atoms in total. The quantitative estimate of drug-likeness (QED) is 0.605. The Morgan fingerprint density at radius 3 is 1.87 bits per heavy atom. The summed E-state index contributed by atoms with van der Waals surface area (Å²) >= 11 is 0. The molecule has 15 heavy (non-hydrogen) atoms. The van der Waals surface area contributed by atoms with E-state index in [9.17, 15) is 0 Å². The molecule has 2 aliphatic heterocycles. The first-order valence-electron chi connectivity index (χ1n) is 6.35. The van der Waals surface area contributed by atoms with Crippen molar-refractivity contribution in [2.45, 2.75) is 45.6 Å². The molecule has 0 N–H and O–H groups in total. The number of rotatable bonds is 0. The first kappa shape index (κ1) is 11.4. The van der Waals surface area contributed by atoms with Crippen LogP contribution in [0.4, 0.5) is 0 Å². The number of nitrogens with zero attached hydrogens (tertiary/aromatic N) is 2. The summed E-state index contributed by atoms with van der Waals surface area (Å²) in [6, 6.07) is 0. The zero-order chi connectivity index (χ0) is 11.1. The molecule has 2 heterocycles. The summed E-state index contributed by atoms with van der Waals surface area (Å²) < 4.78 is 0. The van der Waals surface area contributed by atoms with Crippen molar-refractivity contribution in [3.8, 4) is 0 Å². The van der Waals surface area contributed by atoms with Gasteiger partial charge < -0.3 is 4.90 Å². The van der Waals surface area contributed by atoms with Gasteiger partial charge in [0.2, 0.25) is 0 Å². The maximum Gasteiger partial charge on any atom is 0.0125 e. The average molecular weight is 210 g/mol. The highest BCUT2D eigenvalue weighted by molar-refractivity contribution is 4.94. The minimum atomic E-state index is 0.367. The summed E-state index contributed by atoms with van der Waals surface area (Å²) in [6.07, 6.45) is 4.25. The number of piperidine rings is 1. The van der Waals surface area contributed by atoms with Crippen LogP contribution in [0.15, 0.2) is 0 Å². The van der Waals surface area contributed by atoms with E-state index in [0.29, 0.717) is 11.0 Å². The van der Waals surface area contributed by atoms with Gasteiger partial charge in [0.15, 0.2) is 0 Å². The van der Waals surface area contributed by atoms with Crippen LogP contribution in [0.1, 0.15) is 40.0 Å². The number of hydrogen-bond donors (Lipinski definition) is 0. The Kier molecular flexibility index (Phi) is 2.85. The van der Waals surface area contributed by atoms with Crippen LogP contribution in [0.3, 0.4) is 0 Å². The summed E-state index contributed by atoms with van der Waals surface area (Å²) in [5.41, 5.74) is 1.04. The van der Waals surface area contributed by atoms with E-state index in [0.717, 1.165) is 0 Å². The molecule has 0 atom stereocenters. The highest BCUT2D eigenvalue weighted by Crippen LogP contribution is 2.40. The molecule has 0 saturated carbocycles. The zero-order valence-corrected chi connectivity index (χ0v) is 10.8. The van der Waals surface area contributed by atoms with Crippen molar-refractivity contribution in [3.63, 3.8) is 0 Å². The lowest BCUT2D eigenvalue weighted by molar-refractivity contribution is 0.0475. The molecule has 0 unspecified atom stereocenters. The van der Waals surface area contributed by atoms with E-state index in [2.05, 4.69) is 37.6 Å². The molecule has 2 saturated heterocycles. The summed E-state index contributed by atoms with van der Waals surface area (Å²) in [7, 11) is 2.27. The van der Waals surface area contributed by atoms with Crippen molar-refractivity contribution in [2.75, 3.05) is 33.2 Å². The van der Waals surface area contributed by atoms with Crippen molar-refractivity contribution in [2.24, 2.45) is 5.41 Å². The summed E-state index contributed by atoms with van der Waals surface area (Å²) in [4.78, 5) is 5.16. The lowest BCUT2D eigenvalue weighted by atomic mass is 9.77. The maximum atomic E-state index is 2.65. The summed E-state index contributed by atoms with van der Waals surface area (Å²) in [5, 5.41) is 0. The van der Waals surface area contributed by atoms with Crippen molar-refractivity contribution < 1.29 is 0 Å². The van der Waals surface area contributed by atoms with Gasteiger partial charge in [0.1, 0.15) is 0 Å². The topological polar surface area (TPSA) is 6.48 Å². The normalized spacial score (nSPS) is 28.8. The molecule has 0 amide bonds. The molecule has 2 heteroatoms. The van der Waals surface area contributed by atoms with Crippen molar-refractivity contribution in [3.05, 3.63) is 0 Å². The Balaban J connectivity index is 1.92. The Hall–Kier alpha value is -0.0800. The lowest BCUT2D eigenvalue weighted by Crippen LogP contribution is -2.49. The molecule has 2 aliphatic rings. The Morgan fingerprint density at radius 1 is 0.933 bits per heavy atom. The van der Waals surface area contributed by atoms with Crippen LogP contribution in [0.25, 0.3) is 0 Å². The first-order valence-corrected chi connectivity index (χ1v) is 6.35. The third-order valence-electron chi connectivity index (χ3n) is 4.40. The van der Waals surface area contributed by atoms with Crippen LogP contribution in [0.2, 0.25) is 0 Å². The summed E-state index contributed by atoms with van der Waals surface area (Å²) in [5.74, 6) is 0. The SMILES string of the molecule is CN1CCC2(CCN(C(C)(C)C)CC2)C1. The Morgan fingerprint density at radius 2 is 1.47 bits per heavy atom. The predicted octanol–water partition coefficient (Wildman–Crippen LogP) is 2.20. The third kappa shape index (κ3) is 2.36. The van der Waals surface area contributed by atoms with Crippen LogP contribution in [-0.4, -0.2) is 48.6 Å². The fourth-order valence-electron chi connectivity index (χ4n) is 3.22. The van der Waals surface area contributed by atoms with Gasteiger partial charge in [0.25, 0.3) is 0 Å². The van der Waals surface area contributed by atoms with Gasteiger partial charge in [-0.3, -0.25) is 4.90 Å². The van der Waals surface area contributed by atoms with E-state index in [4.69, 9.17) is 0 Å². The highest BCUT2D eigenvalue weighted by Gasteiger charge is 2.40. The Bertz CT molecular complexity index is 221. The van der Waals surface area contributed by atoms with Crippen LogP contribution >= 0.6 is 0 Å². The molecule has 0 aliphatic carbocycles. The minimum Gasteiger partial charge on any atom is -0.306 e. The minimum absolute atomic E-state index is 0.367. The molecule has 88 valence electrons. The van der Waals surface area contributed by atoms with Gasteiger partial charge in [0.05, 0.1) is 0 Å². The van der Waals surface area contributed by atoms with E-state index in [1.807, 2.05) is 0 Å². The van der Waals surface area contributed by atoms with Gasteiger partial charge in [-0.15, -0.1) is 0 Å². The van der Waals surface area contributed by atoms with Gasteiger partial charge >= 0.3 is 0 Å². The monoisotopic (exact) mass is 210 g/mol. The maximum absolute atomic E-state index is 2.65. The predicted molar refractivity (Wildman–Crippen MR) is 65.1 cm³/mol. The molecule has 1 spiro atoms. The van der Waals surface area contributed by atoms with Gasteiger partial charge in [-0.1, -0.05) is 0 Å². The van der Waals surface area contributed by atoms with Crippen LogP contribution < -0.4 is 0 Å². The Labute approximate surface area is 94.6 Å². The average Bonchev–Trinajstić information content (AvgIpc) is 2.47. The van der Waals surface area contributed by atoms with Crippen LogP contribution in [-0.2, 0) is 0 Å². The lowest BCUT2D eigenvalue weighted by Gasteiger charge is -2.45. The van der Waals surface area contributed by atoms with E-state index >= 15 is 0 Å². The molecule has 0 aromatic rings. The molecular weight excluding hydrogens is 184 g/mol. The molecule has 2 fully saturated rings. The van der Waals surface area contributed by atoms with Crippen molar-refractivity contribution in [1.82, 2.24) is 9.80 Å². The van der Waals surface area contributed by atoms with Crippen molar-refractivity contribution >= 4 is 0 Å². The second-order valence-electron chi connectivity index (χ2n) is 6.65. The fourth-order valence-corrected chi connectivity index (χ4v) is 3.22. The van der Waals surface area contributed by atoms with Crippen molar-refractivity contribution in [1.29, 1.82) is 0 Å². The second kappa shape index (κ2) is 3.74. The fraction of sp³-hybridized carbons (Fsp3) is 1.00. The van der Waals surface area contributed by atoms with Crippen LogP contribution in [0, 0.1) is 5.41 Å². The van der Waals surface area contributed by atoms with Gasteiger partial charge in [-0.05, 0) is 72.1 Å². The van der Waals surface area contributed by atoms with Gasteiger partial charge in [-0.2, -0.15) is 0 Å². The van der Waals surface area contributed by atoms with E-state index in [1.54, 1.807) is 0 Å². The number of hydrogen-bond acceptors (Lipinski definition) is 2. The molecule has 2 rings (SSSR count). The molecule has 0 aromatic carbocycles. The second-order valence-corrected chi connectivity index (χ2v) is 6.65. The smallest absolute Gasteiger partial charge is 0.0125 e. The zero-order valence-electron chi connectivity index (χ0n) is 10.8. The highest BCUT2D eigenvalue weighted by atomic mass is 15.2. The molecular formula is C13H26N2. The largest absolute Gasteiger partial charge is 0.306 e.